The molecule has 0 bridgehead atoms. The first-order valence-electron chi connectivity index (χ1n) is 3.57. The molecule has 11 heavy (non-hydrogen) atoms. The average molecular weight is 158 g/mol. The van der Waals surface area contributed by atoms with Crippen molar-refractivity contribution >= 4 is 5.97 Å². The van der Waals surface area contributed by atoms with Crippen LogP contribution in [0.5, 0.6) is 0 Å². The third-order valence-electron chi connectivity index (χ3n) is 1.18. The third-order valence-corrected chi connectivity index (χ3v) is 1.18. The van der Waals surface area contributed by atoms with Gasteiger partial charge in [-0.15, -0.1) is 0 Å². The fraction of sp³-hybridized carbons (Fsp3) is 0.625. The van der Waals surface area contributed by atoms with Crippen molar-refractivity contribution < 1.29 is 15.0 Å². The molecule has 3 nitrogen and oxygen atoms in total. The van der Waals surface area contributed by atoms with Gasteiger partial charge in [-0.25, -0.2) is 0 Å². The molecule has 0 fully saturated rings. The van der Waals surface area contributed by atoms with Crippen molar-refractivity contribution in [2.24, 2.45) is 0 Å². The van der Waals surface area contributed by atoms with Crippen molar-refractivity contribution in [1.29, 1.82) is 0 Å². The fourth-order valence-electron chi connectivity index (χ4n) is 0.739. The Morgan fingerprint density at radius 2 is 2.09 bits per heavy atom. The van der Waals surface area contributed by atoms with Crippen LogP contribution in [0.1, 0.15) is 26.7 Å². The molecule has 0 aromatic rings. The summed E-state index contributed by atoms with van der Waals surface area (Å²) < 4.78 is 0. The summed E-state index contributed by atoms with van der Waals surface area (Å²) in [5.74, 6) is -0.869. The van der Waals surface area contributed by atoms with E-state index in [-0.39, 0.29) is 6.42 Å². The standard InChI is InChI=1S/C8H14O3/c1-6(2)5-7(9)3-4-8(10)11/h5,7,9H,3-4H2,1-2H3,(H,10,11). The quantitative estimate of drug-likeness (QED) is 0.604. The summed E-state index contributed by atoms with van der Waals surface area (Å²) >= 11 is 0. The molecule has 1 atom stereocenters. The second-order valence-electron chi connectivity index (χ2n) is 2.74. The average Bonchev–Trinajstić information content (AvgIpc) is 1.82. The molecule has 0 aliphatic carbocycles. The minimum absolute atomic E-state index is 0.0188. The first kappa shape index (κ1) is 10.2. The van der Waals surface area contributed by atoms with Gasteiger partial charge in [0.2, 0.25) is 0 Å². The van der Waals surface area contributed by atoms with Crippen molar-refractivity contribution in [3.8, 4) is 0 Å². The van der Waals surface area contributed by atoms with Gasteiger partial charge in [-0.1, -0.05) is 11.6 Å². The number of aliphatic hydroxyl groups is 1. The number of carbonyl (C=O) groups is 1. The van der Waals surface area contributed by atoms with E-state index in [9.17, 15) is 4.79 Å². The highest BCUT2D eigenvalue weighted by Crippen LogP contribution is 2.01. The lowest BCUT2D eigenvalue weighted by molar-refractivity contribution is -0.137. The van der Waals surface area contributed by atoms with Gasteiger partial charge in [-0.3, -0.25) is 4.79 Å². The maximum atomic E-state index is 10.1. The predicted molar refractivity (Wildman–Crippen MR) is 42.3 cm³/mol. The number of aliphatic carboxylic acids is 1. The Morgan fingerprint density at radius 1 is 1.55 bits per heavy atom. The van der Waals surface area contributed by atoms with Crippen LogP contribution in [-0.4, -0.2) is 22.3 Å². The van der Waals surface area contributed by atoms with Crippen LogP contribution >= 0.6 is 0 Å². The second kappa shape index (κ2) is 4.91. The zero-order valence-electron chi connectivity index (χ0n) is 6.87. The molecule has 0 aliphatic rings. The summed E-state index contributed by atoms with van der Waals surface area (Å²) in [7, 11) is 0. The van der Waals surface area contributed by atoms with Gasteiger partial charge >= 0.3 is 5.97 Å². The Hall–Kier alpha value is -0.830. The topological polar surface area (TPSA) is 57.5 Å². The molecule has 0 saturated heterocycles. The Morgan fingerprint density at radius 3 is 2.45 bits per heavy atom. The molecule has 3 heteroatoms. The summed E-state index contributed by atoms with van der Waals surface area (Å²) in [5.41, 5.74) is 1.00. The van der Waals surface area contributed by atoms with Crippen LogP contribution in [0.15, 0.2) is 11.6 Å². The molecule has 0 aliphatic heterocycles. The number of hydrogen-bond acceptors (Lipinski definition) is 2. The monoisotopic (exact) mass is 158 g/mol. The lowest BCUT2D eigenvalue weighted by atomic mass is 10.1. The summed E-state index contributed by atoms with van der Waals surface area (Å²) in [6.07, 6.45) is 1.35. The molecule has 0 rings (SSSR count). The van der Waals surface area contributed by atoms with E-state index in [1.807, 2.05) is 13.8 Å². The number of carboxylic acids is 1. The Kier molecular flexibility index (Phi) is 4.54. The normalized spacial score (nSPS) is 12.3. The van der Waals surface area contributed by atoms with Crippen LogP contribution in [0.3, 0.4) is 0 Å². The molecule has 2 N–H and O–H groups in total. The molecular formula is C8H14O3. The predicted octanol–water partition coefficient (Wildman–Crippen LogP) is 1.18. The zero-order valence-corrected chi connectivity index (χ0v) is 6.87. The number of carboxylic acid groups (broad SMARTS) is 1. The van der Waals surface area contributed by atoms with E-state index in [0.717, 1.165) is 5.57 Å². The molecule has 1 unspecified atom stereocenters. The lowest BCUT2D eigenvalue weighted by Gasteiger charge is -2.02. The Bertz CT molecular complexity index is 157. The van der Waals surface area contributed by atoms with Gasteiger partial charge in [0.25, 0.3) is 0 Å². The maximum Gasteiger partial charge on any atom is 0.303 e. The smallest absolute Gasteiger partial charge is 0.303 e. The van der Waals surface area contributed by atoms with Gasteiger partial charge in [0.1, 0.15) is 0 Å². The van der Waals surface area contributed by atoms with E-state index >= 15 is 0 Å². The largest absolute Gasteiger partial charge is 0.481 e. The van der Waals surface area contributed by atoms with Crippen LogP contribution in [0.4, 0.5) is 0 Å². The Labute approximate surface area is 66.4 Å². The van der Waals surface area contributed by atoms with Crippen LogP contribution in [0.25, 0.3) is 0 Å². The summed E-state index contributed by atoms with van der Waals surface area (Å²) in [6, 6.07) is 0. The van der Waals surface area contributed by atoms with Crippen LogP contribution in [0, 0.1) is 0 Å². The number of aliphatic hydroxyl groups excluding tert-OH is 1. The van der Waals surface area contributed by atoms with Crippen LogP contribution < -0.4 is 0 Å². The number of rotatable bonds is 4. The van der Waals surface area contributed by atoms with Crippen molar-refractivity contribution in [3.05, 3.63) is 11.6 Å². The van der Waals surface area contributed by atoms with Crippen molar-refractivity contribution in [2.75, 3.05) is 0 Å². The summed E-state index contributed by atoms with van der Waals surface area (Å²) in [5, 5.41) is 17.4. The summed E-state index contributed by atoms with van der Waals surface area (Å²) in [4.78, 5) is 10.1. The minimum atomic E-state index is -0.869. The maximum absolute atomic E-state index is 10.1. The van der Waals surface area contributed by atoms with E-state index in [0.29, 0.717) is 6.42 Å². The molecule has 64 valence electrons. The van der Waals surface area contributed by atoms with Crippen molar-refractivity contribution in [3.63, 3.8) is 0 Å². The molecule has 0 aromatic carbocycles. The summed E-state index contributed by atoms with van der Waals surface area (Å²) in [6.45, 7) is 3.73. The van der Waals surface area contributed by atoms with E-state index < -0.39 is 12.1 Å². The van der Waals surface area contributed by atoms with Gasteiger partial charge in [0.15, 0.2) is 0 Å². The van der Waals surface area contributed by atoms with E-state index in [2.05, 4.69) is 0 Å². The highest BCUT2D eigenvalue weighted by molar-refractivity contribution is 5.66. The first-order chi connectivity index (χ1) is 5.02. The van der Waals surface area contributed by atoms with E-state index in [1.165, 1.54) is 0 Å². The number of allylic oxidation sites excluding steroid dienone is 1. The first-order valence-corrected chi connectivity index (χ1v) is 3.57. The molecular weight excluding hydrogens is 144 g/mol. The molecule has 0 spiro atoms. The molecule has 0 aromatic heterocycles. The van der Waals surface area contributed by atoms with Gasteiger partial charge in [0.05, 0.1) is 6.10 Å². The van der Waals surface area contributed by atoms with E-state index in [1.54, 1.807) is 6.08 Å². The second-order valence-corrected chi connectivity index (χ2v) is 2.74. The molecule has 0 heterocycles. The molecule has 0 saturated carbocycles. The van der Waals surface area contributed by atoms with Crippen LogP contribution in [0.2, 0.25) is 0 Å². The van der Waals surface area contributed by atoms with Gasteiger partial charge < -0.3 is 10.2 Å². The minimum Gasteiger partial charge on any atom is -0.481 e. The highest BCUT2D eigenvalue weighted by Gasteiger charge is 2.02. The fourth-order valence-corrected chi connectivity index (χ4v) is 0.739. The third kappa shape index (κ3) is 7.06. The highest BCUT2D eigenvalue weighted by atomic mass is 16.4. The molecule has 0 amide bonds. The van der Waals surface area contributed by atoms with Gasteiger partial charge in [0, 0.05) is 6.42 Å². The lowest BCUT2D eigenvalue weighted by Crippen LogP contribution is -2.06. The van der Waals surface area contributed by atoms with Gasteiger partial charge in [-0.05, 0) is 20.3 Å². The number of hydrogen-bond donors (Lipinski definition) is 2. The van der Waals surface area contributed by atoms with Crippen LogP contribution in [-0.2, 0) is 4.79 Å². The van der Waals surface area contributed by atoms with E-state index in [4.69, 9.17) is 10.2 Å². The zero-order chi connectivity index (χ0) is 8.85. The Balaban J connectivity index is 3.61. The SMILES string of the molecule is CC(C)=CC(O)CCC(=O)O. The van der Waals surface area contributed by atoms with Crippen molar-refractivity contribution in [2.45, 2.75) is 32.8 Å². The van der Waals surface area contributed by atoms with Gasteiger partial charge in [-0.2, -0.15) is 0 Å². The molecule has 0 radical (unpaired) electrons. The van der Waals surface area contributed by atoms with Crippen molar-refractivity contribution in [1.82, 2.24) is 0 Å².